The lowest BCUT2D eigenvalue weighted by Crippen LogP contribution is -2.45. The molecule has 0 aliphatic carbocycles. The smallest absolute Gasteiger partial charge is 0.367 e. The molecule has 0 radical (unpaired) electrons. The second-order valence-electron chi connectivity index (χ2n) is 6.86. The number of carbonyl (C=O) groups excluding carboxylic acids is 1. The van der Waals surface area contributed by atoms with E-state index in [4.69, 9.17) is 4.74 Å². The maximum absolute atomic E-state index is 12.9. The summed E-state index contributed by atoms with van der Waals surface area (Å²) >= 11 is 0. The first-order valence-electron chi connectivity index (χ1n) is 9.05. The molecule has 2 aromatic rings. The minimum Gasteiger partial charge on any atom is -0.367 e. The van der Waals surface area contributed by atoms with Gasteiger partial charge in [-0.3, -0.25) is 4.79 Å². The van der Waals surface area contributed by atoms with E-state index in [2.05, 4.69) is 4.74 Å². The number of benzene rings is 2. The molecular formula is C21H22F3NO3. The molecule has 2 unspecified atom stereocenters. The molecule has 0 saturated carbocycles. The van der Waals surface area contributed by atoms with Gasteiger partial charge in [-0.1, -0.05) is 42.5 Å². The Morgan fingerprint density at radius 1 is 1.11 bits per heavy atom. The number of nitrogens with zero attached hydrogens (tertiary/aromatic N) is 1. The van der Waals surface area contributed by atoms with Crippen LogP contribution in [0.5, 0.6) is 0 Å². The normalized spacial score (nSPS) is 20.2. The highest BCUT2D eigenvalue weighted by Gasteiger charge is 2.30. The van der Waals surface area contributed by atoms with Crippen LogP contribution in [0.2, 0.25) is 0 Å². The van der Waals surface area contributed by atoms with Crippen LogP contribution in [0, 0.1) is 0 Å². The van der Waals surface area contributed by atoms with Gasteiger partial charge in [-0.25, -0.2) is 0 Å². The first-order valence-corrected chi connectivity index (χ1v) is 9.05. The van der Waals surface area contributed by atoms with E-state index in [1.807, 2.05) is 37.3 Å². The predicted molar refractivity (Wildman–Crippen MR) is 97.8 cm³/mol. The highest BCUT2D eigenvalue weighted by atomic mass is 19.4. The zero-order valence-corrected chi connectivity index (χ0v) is 15.5. The van der Waals surface area contributed by atoms with Crippen LogP contribution in [0.4, 0.5) is 13.2 Å². The van der Waals surface area contributed by atoms with Gasteiger partial charge in [-0.2, -0.15) is 13.2 Å². The summed E-state index contributed by atoms with van der Waals surface area (Å²) in [7, 11) is 0. The molecule has 1 aliphatic heterocycles. The second-order valence-corrected chi connectivity index (χ2v) is 6.86. The molecular weight excluding hydrogens is 371 g/mol. The quantitative estimate of drug-likeness (QED) is 0.757. The number of hydrogen-bond donors (Lipinski definition) is 0. The van der Waals surface area contributed by atoms with Gasteiger partial charge in [-0.05, 0) is 30.2 Å². The molecule has 2 aromatic carbocycles. The van der Waals surface area contributed by atoms with E-state index in [1.54, 1.807) is 29.2 Å². The van der Waals surface area contributed by atoms with Crippen molar-refractivity contribution < 1.29 is 27.4 Å². The van der Waals surface area contributed by atoms with Crippen molar-refractivity contribution in [2.24, 2.45) is 0 Å². The Bertz CT molecular complexity index is 778. The van der Waals surface area contributed by atoms with Crippen molar-refractivity contribution >= 4 is 5.91 Å². The number of hydrogen-bond acceptors (Lipinski definition) is 3. The first-order chi connectivity index (χ1) is 13.3. The summed E-state index contributed by atoms with van der Waals surface area (Å²) in [4.78, 5) is 14.6. The molecule has 1 saturated heterocycles. The van der Waals surface area contributed by atoms with Gasteiger partial charge >= 0.3 is 6.18 Å². The molecule has 28 heavy (non-hydrogen) atoms. The van der Waals surface area contributed by atoms with Crippen LogP contribution in [-0.4, -0.2) is 42.8 Å². The van der Waals surface area contributed by atoms with Crippen molar-refractivity contribution in [1.82, 2.24) is 4.90 Å². The fraction of sp³-hybridized carbons (Fsp3) is 0.381. The van der Waals surface area contributed by atoms with Gasteiger partial charge in [0.25, 0.3) is 5.91 Å². The van der Waals surface area contributed by atoms with E-state index in [0.717, 1.165) is 5.56 Å². The Balaban J connectivity index is 1.62. The average molecular weight is 393 g/mol. The lowest BCUT2D eigenvalue weighted by atomic mass is 10.1. The van der Waals surface area contributed by atoms with Crippen molar-refractivity contribution in [1.29, 1.82) is 0 Å². The van der Waals surface area contributed by atoms with Crippen molar-refractivity contribution in [2.45, 2.75) is 31.9 Å². The fourth-order valence-corrected chi connectivity index (χ4v) is 3.18. The number of ether oxygens (including phenoxy) is 2. The van der Waals surface area contributed by atoms with Gasteiger partial charge in [0.05, 0.1) is 19.3 Å². The van der Waals surface area contributed by atoms with E-state index < -0.39 is 12.8 Å². The Kier molecular flexibility index (Phi) is 6.36. The van der Waals surface area contributed by atoms with E-state index in [0.29, 0.717) is 24.2 Å². The van der Waals surface area contributed by atoms with Crippen molar-refractivity contribution in [3.05, 3.63) is 71.3 Å². The number of morpholine rings is 1. The summed E-state index contributed by atoms with van der Waals surface area (Å²) in [6.45, 7) is 1.41. The minimum atomic E-state index is -4.35. The molecule has 1 amide bonds. The van der Waals surface area contributed by atoms with Gasteiger partial charge in [0.2, 0.25) is 0 Å². The van der Waals surface area contributed by atoms with Gasteiger partial charge < -0.3 is 14.4 Å². The van der Waals surface area contributed by atoms with Gasteiger partial charge in [0, 0.05) is 12.1 Å². The molecule has 3 rings (SSSR count). The van der Waals surface area contributed by atoms with E-state index in [9.17, 15) is 18.0 Å². The Morgan fingerprint density at radius 3 is 2.43 bits per heavy atom. The third-order valence-electron chi connectivity index (χ3n) is 4.45. The summed E-state index contributed by atoms with van der Waals surface area (Å²) in [5.41, 5.74) is 2.09. The Labute approximate surface area is 161 Å². The number of carbonyl (C=O) groups is 1. The summed E-state index contributed by atoms with van der Waals surface area (Å²) < 4.78 is 47.0. The maximum Gasteiger partial charge on any atom is 0.411 e. The van der Waals surface area contributed by atoms with Gasteiger partial charge in [-0.15, -0.1) is 0 Å². The third kappa shape index (κ3) is 5.56. The number of rotatable bonds is 5. The molecule has 4 nitrogen and oxygen atoms in total. The van der Waals surface area contributed by atoms with Crippen molar-refractivity contribution in [3.63, 3.8) is 0 Å². The molecule has 0 spiro atoms. The number of amides is 1. The van der Waals surface area contributed by atoms with Crippen LogP contribution in [0.3, 0.4) is 0 Å². The molecule has 0 N–H and O–H groups in total. The summed E-state index contributed by atoms with van der Waals surface area (Å²) in [6.07, 6.45) is -4.64. The largest absolute Gasteiger partial charge is 0.411 e. The molecule has 0 bridgehead atoms. The van der Waals surface area contributed by atoms with Crippen LogP contribution < -0.4 is 0 Å². The minimum absolute atomic E-state index is 0.0991. The highest BCUT2D eigenvalue weighted by Crippen LogP contribution is 2.26. The standard InChI is InChI=1S/C21H22F3NO3/c1-15-11-25(12-19(28-15)17-5-3-2-4-6-17)20(26)18-9-7-16(8-10-18)13-27-14-21(22,23)24/h2-10,15,19H,11-14H2,1H3. The topological polar surface area (TPSA) is 38.8 Å². The maximum atomic E-state index is 12.9. The SMILES string of the molecule is CC1CN(C(=O)c2ccc(COCC(F)(F)F)cc2)CC(c2ccccc2)O1. The van der Waals surface area contributed by atoms with Crippen LogP contribution in [-0.2, 0) is 16.1 Å². The molecule has 0 aromatic heterocycles. The van der Waals surface area contributed by atoms with Crippen LogP contribution in [0.1, 0.15) is 34.5 Å². The van der Waals surface area contributed by atoms with E-state index >= 15 is 0 Å². The number of halogens is 3. The van der Waals surface area contributed by atoms with Crippen molar-refractivity contribution in [3.8, 4) is 0 Å². The van der Waals surface area contributed by atoms with E-state index in [-0.39, 0.29) is 24.7 Å². The molecule has 2 atom stereocenters. The molecule has 1 aliphatic rings. The van der Waals surface area contributed by atoms with Crippen LogP contribution in [0.25, 0.3) is 0 Å². The second kappa shape index (κ2) is 8.75. The zero-order chi connectivity index (χ0) is 20.1. The van der Waals surface area contributed by atoms with Gasteiger partial charge in [0.1, 0.15) is 12.7 Å². The molecule has 150 valence electrons. The van der Waals surface area contributed by atoms with Crippen molar-refractivity contribution in [2.75, 3.05) is 19.7 Å². The molecule has 7 heteroatoms. The van der Waals surface area contributed by atoms with E-state index in [1.165, 1.54) is 0 Å². The fourth-order valence-electron chi connectivity index (χ4n) is 3.18. The number of alkyl halides is 3. The highest BCUT2D eigenvalue weighted by molar-refractivity contribution is 5.94. The Morgan fingerprint density at radius 2 is 1.79 bits per heavy atom. The molecule has 1 fully saturated rings. The Hall–Kier alpha value is -2.38. The third-order valence-corrected chi connectivity index (χ3v) is 4.45. The average Bonchev–Trinajstić information content (AvgIpc) is 2.67. The predicted octanol–water partition coefficient (Wildman–Crippen LogP) is 4.37. The first kappa shape index (κ1) is 20.4. The summed E-state index contributed by atoms with van der Waals surface area (Å²) in [6, 6.07) is 16.2. The van der Waals surface area contributed by atoms with Crippen LogP contribution >= 0.6 is 0 Å². The lowest BCUT2D eigenvalue weighted by Gasteiger charge is -2.37. The zero-order valence-electron chi connectivity index (χ0n) is 15.5. The monoisotopic (exact) mass is 393 g/mol. The lowest BCUT2D eigenvalue weighted by molar-refractivity contribution is -0.176. The van der Waals surface area contributed by atoms with Gasteiger partial charge in [0.15, 0.2) is 0 Å². The molecule has 1 heterocycles. The van der Waals surface area contributed by atoms with Crippen LogP contribution in [0.15, 0.2) is 54.6 Å². The summed E-state index contributed by atoms with van der Waals surface area (Å²) in [5, 5.41) is 0. The summed E-state index contributed by atoms with van der Waals surface area (Å²) in [5.74, 6) is -0.126.